The summed E-state index contributed by atoms with van der Waals surface area (Å²) < 4.78 is 29.9. The third-order valence-electron chi connectivity index (χ3n) is 5.35. The molecule has 152 valence electrons. The van der Waals surface area contributed by atoms with E-state index in [1.54, 1.807) is 49.4 Å². The van der Waals surface area contributed by atoms with Crippen molar-refractivity contribution in [1.29, 1.82) is 0 Å². The van der Waals surface area contributed by atoms with Crippen LogP contribution in [0.25, 0.3) is 0 Å². The van der Waals surface area contributed by atoms with Gasteiger partial charge in [0.15, 0.2) is 9.84 Å². The van der Waals surface area contributed by atoms with Gasteiger partial charge in [-0.1, -0.05) is 18.2 Å². The Morgan fingerprint density at radius 3 is 2.43 bits per heavy atom. The molecule has 0 atom stereocenters. The van der Waals surface area contributed by atoms with Crippen molar-refractivity contribution in [3.63, 3.8) is 0 Å². The summed E-state index contributed by atoms with van der Waals surface area (Å²) in [6.07, 6.45) is 2.03. The quantitative estimate of drug-likeness (QED) is 0.744. The lowest BCUT2D eigenvalue weighted by molar-refractivity contribution is -0.120. The molecule has 7 heteroatoms. The fourth-order valence-corrected chi connectivity index (χ4v) is 5.48. The van der Waals surface area contributed by atoms with Gasteiger partial charge < -0.3 is 10.1 Å². The average molecular weight is 422 g/mol. The lowest BCUT2D eigenvalue weighted by Crippen LogP contribution is -2.44. The highest BCUT2D eigenvalue weighted by molar-refractivity contribution is 7.92. The molecule has 1 N–H and O–H groups in total. The van der Waals surface area contributed by atoms with Crippen LogP contribution in [-0.2, 0) is 31.2 Å². The van der Waals surface area contributed by atoms with Gasteiger partial charge in [0.05, 0.1) is 16.6 Å². The molecule has 1 aromatic carbocycles. The number of amides is 1. The van der Waals surface area contributed by atoms with E-state index in [1.165, 1.54) is 4.88 Å². The largest absolute Gasteiger partial charge is 0.381 e. The highest BCUT2D eigenvalue weighted by Crippen LogP contribution is 2.37. The second kappa shape index (κ2) is 8.76. The molecule has 0 unspecified atom stereocenters. The van der Waals surface area contributed by atoms with Crippen molar-refractivity contribution in [2.45, 2.75) is 48.7 Å². The predicted molar refractivity (Wildman–Crippen MR) is 112 cm³/mol. The Labute approximate surface area is 171 Å². The van der Waals surface area contributed by atoms with Gasteiger partial charge in [-0.05, 0) is 55.8 Å². The number of nitrogens with one attached hydrogen (secondary N) is 1. The Morgan fingerprint density at radius 2 is 1.86 bits per heavy atom. The molecule has 0 saturated carbocycles. The highest BCUT2D eigenvalue weighted by atomic mass is 32.2. The summed E-state index contributed by atoms with van der Waals surface area (Å²) in [5, 5.41) is 4.69. The molecule has 1 saturated heterocycles. The van der Waals surface area contributed by atoms with E-state index < -0.39 is 15.1 Å². The molecule has 0 bridgehead atoms. The van der Waals surface area contributed by atoms with Crippen molar-refractivity contribution in [3.05, 3.63) is 52.2 Å². The molecule has 28 heavy (non-hydrogen) atoms. The van der Waals surface area contributed by atoms with E-state index in [4.69, 9.17) is 4.74 Å². The Bertz CT molecular complexity index is 881. The summed E-state index contributed by atoms with van der Waals surface area (Å²) in [5.74, 6) is -0.0538. The summed E-state index contributed by atoms with van der Waals surface area (Å²) in [5.41, 5.74) is 0.745. The first-order valence-electron chi connectivity index (χ1n) is 9.55. The lowest BCUT2D eigenvalue weighted by Gasteiger charge is -2.36. The minimum absolute atomic E-state index is 0.0538. The standard InChI is InChI=1S/C21H27NO4S2/c1-16(2)28(24,25)18-7-5-17(6-8-18)14-20(23)22-15-21(9-11-26-12-10-21)19-4-3-13-27-19/h3-8,13,16H,9-12,14-15H2,1-2H3,(H,22,23). The predicted octanol–water partition coefficient (Wildman–Crippen LogP) is 3.34. The number of ether oxygens (including phenoxy) is 1. The minimum atomic E-state index is -3.29. The van der Waals surface area contributed by atoms with Crippen LogP contribution in [0.15, 0.2) is 46.7 Å². The van der Waals surface area contributed by atoms with Gasteiger partial charge in [-0.2, -0.15) is 0 Å². The van der Waals surface area contributed by atoms with E-state index in [2.05, 4.69) is 16.8 Å². The molecule has 5 nitrogen and oxygen atoms in total. The van der Waals surface area contributed by atoms with Gasteiger partial charge >= 0.3 is 0 Å². The highest BCUT2D eigenvalue weighted by Gasteiger charge is 2.35. The Hall–Kier alpha value is -1.70. The maximum atomic E-state index is 12.5. The summed E-state index contributed by atoms with van der Waals surface area (Å²) in [6, 6.07) is 10.8. The van der Waals surface area contributed by atoms with Gasteiger partial charge in [0.1, 0.15) is 0 Å². The number of carbonyl (C=O) groups excluding carboxylic acids is 1. The fraction of sp³-hybridized carbons (Fsp3) is 0.476. The van der Waals surface area contributed by atoms with E-state index >= 15 is 0 Å². The topological polar surface area (TPSA) is 72.5 Å². The van der Waals surface area contributed by atoms with E-state index in [1.807, 2.05) is 6.07 Å². The van der Waals surface area contributed by atoms with Crippen molar-refractivity contribution in [1.82, 2.24) is 5.32 Å². The molecule has 1 aliphatic rings. The zero-order valence-corrected chi connectivity index (χ0v) is 17.9. The molecule has 1 amide bonds. The van der Waals surface area contributed by atoms with E-state index in [-0.39, 0.29) is 17.7 Å². The van der Waals surface area contributed by atoms with Crippen LogP contribution in [0.5, 0.6) is 0 Å². The fourth-order valence-electron chi connectivity index (χ4n) is 3.44. The van der Waals surface area contributed by atoms with Crippen molar-refractivity contribution < 1.29 is 17.9 Å². The van der Waals surface area contributed by atoms with Gasteiger partial charge in [-0.3, -0.25) is 4.79 Å². The van der Waals surface area contributed by atoms with Crippen LogP contribution in [0.3, 0.4) is 0 Å². The van der Waals surface area contributed by atoms with Crippen LogP contribution in [0, 0.1) is 0 Å². The van der Waals surface area contributed by atoms with Crippen LogP contribution in [0.4, 0.5) is 0 Å². The first-order chi connectivity index (χ1) is 13.3. The van der Waals surface area contributed by atoms with Crippen molar-refractivity contribution in [3.8, 4) is 0 Å². The van der Waals surface area contributed by atoms with Gasteiger partial charge in [0.2, 0.25) is 5.91 Å². The van der Waals surface area contributed by atoms with Crippen LogP contribution < -0.4 is 5.32 Å². The van der Waals surface area contributed by atoms with Crippen molar-refractivity contribution in [2.75, 3.05) is 19.8 Å². The molecule has 0 radical (unpaired) electrons. The molecule has 0 spiro atoms. The molecule has 3 rings (SSSR count). The van der Waals surface area contributed by atoms with Crippen LogP contribution in [-0.4, -0.2) is 39.3 Å². The van der Waals surface area contributed by atoms with Crippen LogP contribution in [0.2, 0.25) is 0 Å². The normalized spacial score (nSPS) is 16.8. The zero-order valence-electron chi connectivity index (χ0n) is 16.3. The average Bonchev–Trinajstić information content (AvgIpc) is 3.23. The molecular formula is C21H27NO4S2. The summed E-state index contributed by atoms with van der Waals surface area (Å²) in [4.78, 5) is 14.1. The third kappa shape index (κ3) is 4.64. The Balaban J connectivity index is 1.62. The van der Waals surface area contributed by atoms with Crippen molar-refractivity contribution >= 4 is 27.1 Å². The van der Waals surface area contributed by atoms with E-state index in [9.17, 15) is 13.2 Å². The lowest BCUT2D eigenvalue weighted by atomic mass is 9.78. The van der Waals surface area contributed by atoms with Gasteiger partial charge in [0, 0.05) is 30.1 Å². The van der Waals surface area contributed by atoms with Gasteiger partial charge in [-0.15, -0.1) is 11.3 Å². The van der Waals surface area contributed by atoms with E-state index in [0.29, 0.717) is 24.7 Å². The van der Waals surface area contributed by atoms with E-state index in [0.717, 1.165) is 18.4 Å². The molecule has 1 fully saturated rings. The third-order valence-corrected chi connectivity index (χ3v) is 8.64. The molecule has 2 heterocycles. The second-order valence-corrected chi connectivity index (χ2v) is 11.0. The Kier molecular flexibility index (Phi) is 6.58. The monoisotopic (exact) mass is 421 g/mol. The number of rotatable bonds is 7. The van der Waals surface area contributed by atoms with Crippen LogP contribution >= 0.6 is 11.3 Å². The second-order valence-electron chi connectivity index (χ2n) is 7.56. The number of sulfone groups is 1. The van der Waals surface area contributed by atoms with Crippen LogP contribution in [0.1, 0.15) is 37.1 Å². The summed E-state index contributed by atoms with van der Waals surface area (Å²) in [7, 11) is -3.29. The SMILES string of the molecule is CC(C)S(=O)(=O)c1ccc(CC(=O)NCC2(c3cccs3)CCOCC2)cc1. The number of thiophene rings is 1. The van der Waals surface area contributed by atoms with Gasteiger partial charge in [0.25, 0.3) is 0 Å². The number of hydrogen-bond acceptors (Lipinski definition) is 5. The molecule has 1 aromatic heterocycles. The zero-order chi connectivity index (χ0) is 20.2. The number of benzene rings is 1. The Morgan fingerprint density at radius 1 is 1.18 bits per heavy atom. The number of carbonyl (C=O) groups is 1. The smallest absolute Gasteiger partial charge is 0.224 e. The molecule has 1 aliphatic heterocycles. The molecule has 2 aromatic rings. The maximum Gasteiger partial charge on any atom is 0.224 e. The first-order valence-corrected chi connectivity index (χ1v) is 12.0. The first kappa shape index (κ1) is 21.0. The number of hydrogen-bond donors (Lipinski definition) is 1. The molecular weight excluding hydrogens is 394 g/mol. The molecule has 0 aliphatic carbocycles. The summed E-state index contributed by atoms with van der Waals surface area (Å²) >= 11 is 1.73. The van der Waals surface area contributed by atoms with Gasteiger partial charge in [-0.25, -0.2) is 8.42 Å². The maximum absolute atomic E-state index is 12.5. The minimum Gasteiger partial charge on any atom is -0.381 e. The van der Waals surface area contributed by atoms with Crippen molar-refractivity contribution in [2.24, 2.45) is 0 Å². The summed E-state index contributed by atoms with van der Waals surface area (Å²) in [6.45, 7) is 5.33.